The number of carbonyl (C=O) groups is 2. The van der Waals surface area contributed by atoms with E-state index in [4.69, 9.17) is 9.47 Å². The summed E-state index contributed by atoms with van der Waals surface area (Å²) in [4.78, 5) is 24.1. The molecule has 27 heavy (non-hydrogen) atoms. The van der Waals surface area contributed by atoms with Crippen molar-refractivity contribution in [1.82, 2.24) is 0 Å². The van der Waals surface area contributed by atoms with Crippen molar-refractivity contribution in [3.8, 4) is 0 Å². The number of ether oxygens (including phenoxy) is 2. The van der Waals surface area contributed by atoms with Gasteiger partial charge in [-0.3, -0.25) is 4.79 Å². The third-order valence-corrected chi connectivity index (χ3v) is 8.38. The van der Waals surface area contributed by atoms with Gasteiger partial charge in [-0.1, -0.05) is 26.0 Å². The number of rotatable bonds is 2. The van der Waals surface area contributed by atoms with E-state index in [0.717, 1.165) is 50.5 Å². The van der Waals surface area contributed by atoms with Crippen molar-refractivity contribution in [2.45, 2.75) is 71.8 Å². The second-order valence-corrected chi connectivity index (χ2v) is 9.56. The van der Waals surface area contributed by atoms with Crippen LogP contribution in [-0.2, 0) is 14.3 Å². The molecule has 3 fully saturated rings. The first kappa shape index (κ1) is 18.8. The largest absolute Gasteiger partial charge is 0.508 e. The molecule has 4 rings (SSSR count). The Morgan fingerprint density at radius 3 is 2.74 bits per heavy atom. The highest BCUT2D eigenvalue weighted by Crippen LogP contribution is 2.65. The van der Waals surface area contributed by atoms with Crippen molar-refractivity contribution in [3.05, 3.63) is 23.8 Å². The van der Waals surface area contributed by atoms with Crippen molar-refractivity contribution >= 4 is 11.9 Å². The van der Waals surface area contributed by atoms with Crippen LogP contribution in [0.15, 0.2) is 23.8 Å². The Hall–Kier alpha value is -1.58. The molecule has 0 amide bonds. The summed E-state index contributed by atoms with van der Waals surface area (Å²) >= 11 is 0. The lowest BCUT2D eigenvalue weighted by molar-refractivity contribution is -0.113. The van der Waals surface area contributed by atoms with Crippen LogP contribution in [0.3, 0.4) is 0 Å². The third kappa shape index (κ3) is 2.78. The number of fused-ring (bicyclic) bond motifs is 5. The van der Waals surface area contributed by atoms with Crippen LogP contribution in [0.2, 0.25) is 0 Å². The van der Waals surface area contributed by atoms with Gasteiger partial charge in [-0.05, 0) is 86.7 Å². The Morgan fingerprint density at radius 2 is 2.00 bits per heavy atom. The number of carbonyl (C=O) groups excluding carboxylic acids is 2. The summed E-state index contributed by atoms with van der Waals surface area (Å²) < 4.78 is 10.8. The predicted molar refractivity (Wildman–Crippen MR) is 103 cm³/mol. The summed E-state index contributed by atoms with van der Waals surface area (Å²) in [7, 11) is 0. The van der Waals surface area contributed by atoms with E-state index < -0.39 is 6.16 Å². The Kier molecular flexibility index (Phi) is 4.51. The van der Waals surface area contributed by atoms with Gasteiger partial charge < -0.3 is 9.47 Å². The minimum Gasteiger partial charge on any atom is -0.435 e. The molecule has 0 N–H and O–H groups in total. The quantitative estimate of drug-likeness (QED) is 0.492. The van der Waals surface area contributed by atoms with E-state index in [9.17, 15) is 9.59 Å². The van der Waals surface area contributed by atoms with Crippen LogP contribution in [0.5, 0.6) is 0 Å². The standard InChI is InChI=1S/C23H32O4/c1-5-26-21(25)27-20-9-8-17-16-7-6-15-12-19(24)14(2)13-23(15,4)18(16)10-11-22(17,20)3/h12,16-18,20H,2,5-11,13H2,1,3-4H3/t16-,17-,18-,20-,22-,23-/m0/s1. The van der Waals surface area contributed by atoms with Gasteiger partial charge in [0, 0.05) is 5.41 Å². The molecule has 4 heteroatoms. The van der Waals surface area contributed by atoms with Crippen LogP contribution in [-0.4, -0.2) is 24.6 Å². The highest BCUT2D eigenvalue weighted by Gasteiger charge is 2.60. The first-order valence-corrected chi connectivity index (χ1v) is 10.6. The van der Waals surface area contributed by atoms with Crippen molar-refractivity contribution in [3.63, 3.8) is 0 Å². The molecule has 0 bridgehead atoms. The lowest BCUT2D eigenvalue weighted by atomic mass is 9.47. The van der Waals surface area contributed by atoms with Crippen molar-refractivity contribution in [2.24, 2.45) is 28.6 Å². The van der Waals surface area contributed by atoms with Crippen molar-refractivity contribution in [1.29, 1.82) is 0 Å². The monoisotopic (exact) mass is 372 g/mol. The summed E-state index contributed by atoms with van der Waals surface area (Å²) in [6, 6.07) is 0. The molecule has 6 atom stereocenters. The van der Waals surface area contributed by atoms with Crippen LogP contribution in [0.4, 0.5) is 4.79 Å². The topological polar surface area (TPSA) is 52.6 Å². The molecular weight excluding hydrogens is 340 g/mol. The zero-order valence-electron chi connectivity index (χ0n) is 16.9. The summed E-state index contributed by atoms with van der Waals surface area (Å²) in [5.41, 5.74) is 2.25. The molecule has 3 saturated carbocycles. The molecule has 4 nitrogen and oxygen atoms in total. The van der Waals surface area contributed by atoms with Crippen LogP contribution in [0.1, 0.15) is 65.7 Å². The highest BCUT2D eigenvalue weighted by molar-refractivity contribution is 6.05. The maximum Gasteiger partial charge on any atom is 0.508 e. The van der Waals surface area contributed by atoms with Crippen LogP contribution < -0.4 is 0 Å². The van der Waals surface area contributed by atoms with Crippen molar-refractivity contribution < 1.29 is 19.1 Å². The van der Waals surface area contributed by atoms with Crippen LogP contribution in [0.25, 0.3) is 0 Å². The van der Waals surface area contributed by atoms with Gasteiger partial charge >= 0.3 is 6.16 Å². The first-order chi connectivity index (χ1) is 12.8. The summed E-state index contributed by atoms with van der Waals surface area (Å²) in [6.07, 6.45) is 8.59. The van der Waals surface area contributed by atoms with E-state index in [1.54, 1.807) is 0 Å². The fourth-order valence-electron chi connectivity index (χ4n) is 7.01. The van der Waals surface area contributed by atoms with E-state index in [0.29, 0.717) is 24.4 Å². The molecule has 0 saturated heterocycles. The summed E-state index contributed by atoms with van der Waals surface area (Å²) in [5.74, 6) is 1.95. The smallest absolute Gasteiger partial charge is 0.435 e. The molecular formula is C23H32O4. The maximum atomic E-state index is 12.1. The zero-order chi connectivity index (χ0) is 19.4. The Balaban J connectivity index is 1.58. The van der Waals surface area contributed by atoms with E-state index in [-0.39, 0.29) is 22.7 Å². The Bertz CT molecular complexity index is 707. The molecule has 4 aliphatic rings. The summed E-state index contributed by atoms with van der Waals surface area (Å²) in [5, 5.41) is 0. The molecule has 0 aromatic heterocycles. The van der Waals surface area contributed by atoms with E-state index in [2.05, 4.69) is 20.4 Å². The Labute approximate surface area is 162 Å². The Morgan fingerprint density at radius 1 is 1.22 bits per heavy atom. The number of allylic oxidation sites excluding steroid dienone is 2. The van der Waals surface area contributed by atoms with Gasteiger partial charge in [0.25, 0.3) is 0 Å². The van der Waals surface area contributed by atoms with Gasteiger partial charge in [0.05, 0.1) is 6.61 Å². The molecule has 0 aromatic carbocycles. The molecule has 148 valence electrons. The second kappa shape index (κ2) is 6.49. The predicted octanol–water partition coefficient (Wildman–Crippen LogP) is 5.23. The maximum absolute atomic E-state index is 12.1. The van der Waals surface area contributed by atoms with Crippen molar-refractivity contribution in [2.75, 3.05) is 6.61 Å². The number of hydrogen-bond acceptors (Lipinski definition) is 4. The fourth-order valence-corrected chi connectivity index (χ4v) is 7.01. The molecule has 0 unspecified atom stereocenters. The number of hydrogen-bond donors (Lipinski definition) is 0. The van der Waals surface area contributed by atoms with Gasteiger partial charge in [-0.25, -0.2) is 4.79 Å². The van der Waals surface area contributed by atoms with Gasteiger partial charge in [-0.2, -0.15) is 0 Å². The minimum atomic E-state index is -0.519. The molecule has 0 heterocycles. The molecule has 4 aliphatic carbocycles. The minimum absolute atomic E-state index is 0.0323. The lowest BCUT2D eigenvalue weighted by Crippen LogP contribution is -2.51. The van der Waals surface area contributed by atoms with E-state index in [1.807, 2.05) is 13.0 Å². The van der Waals surface area contributed by atoms with Gasteiger partial charge in [0.15, 0.2) is 5.78 Å². The average molecular weight is 373 g/mol. The third-order valence-electron chi connectivity index (χ3n) is 8.38. The second-order valence-electron chi connectivity index (χ2n) is 9.56. The first-order valence-electron chi connectivity index (χ1n) is 10.6. The normalized spacial score (nSPS) is 43.3. The van der Waals surface area contributed by atoms with Gasteiger partial charge in [0.2, 0.25) is 0 Å². The fraction of sp³-hybridized carbons (Fsp3) is 0.739. The lowest BCUT2D eigenvalue weighted by Gasteiger charge is -2.57. The highest BCUT2D eigenvalue weighted by atomic mass is 16.7. The van der Waals surface area contributed by atoms with E-state index >= 15 is 0 Å². The van der Waals surface area contributed by atoms with E-state index in [1.165, 1.54) is 5.57 Å². The number of ketones is 1. The molecule has 0 radical (unpaired) electrons. The molecule has 0 aromatic rings. The van der Waals surface area contributed by atoms with Gasteiger partial charge in [0.1, 0.15) is 6.10 Å². The SMILES string of the molecule is C=C1C[C@@]2(C)C(=CC1=O)CC[C@H]1[C@@H]3CC[C@H](OC(=O)OCC)[C@@]3(C)CC[C@@H]12. The zero-order valence-corrected chi connectivity index (χ0v) is 16.9. The molecule has 0 aliphatic heterocycles. The van der Waals surface area contributed by atoms with Crippen LogP contribution >= 0.6 is 0 Å². The average Bonchev–Trinajstić information content (AvgIpc) is 2.93. The molecule has 0 spiro atoms. The van der Waals surface area contributed by atoms with Crippen LogP contribution in [0, 0.1) is 28.6 Å². The van der Waals surface area contributed by atoms with Gasteiger partial charge in [-0.15, -0.1) is 0 Å². The summed E-state index contributed by atoms with van der Waals surface area (Å²) in [6.45, 7) is 10.9.